The Labute approximate surface area is 167 Å². The standard InChI is InChI=1S/C21H21FN2O5/c1-13(2)18(24-20(27)15-10-6-7-11-16(15)22)21(28)29-12-17(25)23-19(26)14-8-4-3-5-9-14/h3-11,13,18H,12H2,1-2H3,(H,24,27)(H,23,25,26). The van der Waals surface area contributed by atoms with Gasteiger partial charge in [0, 0.05) is 5.56 Å². The number of ether oxygens (including phenoxy) is 1. The average Bonchev–Trinajstić information content (AvgIpc) is 2.70. The number of carbonyl (C=O) groups excluding carboxylic acids is 4. The third-order valence-electron chi connectivity index (χ3n) is 3.96. The van der Waals surface area contributed by atoms with E-state index >= 15 is 0 Å². The number of amides is 3. The van der Waals surface area contributed by atoms with Crippen LogP contribution in [-0.2, 0) is 14.3 Å². The van der Waals surface area contributed by atoms with Gasteiger partial charge in [0.1, 0.15) is 11.9 Å². The van der Waals surface area contributed by atoms with E-state index in [1.807, 2.05) is 0 Å². The number of nitrogens with one attached hydrogen (secondary N) is 2. The van der Waals surface area contributed by atoms with E-state index in [9.17, 15) is 23.6 Å². The maximum Gasteiger partial charge on any atom is 0.329 e. The summed E-state index contributed by atoms with van der Waals surface area (Å²) >= 11 is 0. The molecule has 0 aliphatic carbocycles. The van der Waals surface area contributed by atoms with E-state index in [-0.39, 0.29) is 17.0 Å². The highest BCUT2D eigenvalue weighted by Gasteiger charge is 2.27. The molecule has 0 aliphatic rings. The van der Waals surface area contributed by atoms with Gasteiger partial charge in [-0.1, -0.05) is 44.2 Å². The fraction of sp³-hybridized carbons (Fsp3) is 0.238. The maximum absolute atomic E-state index is 13.7. The molecule has 2 N–H and O–H groups in total. The van der Waals surface area contributed by atoms with Gasteiger partial charge >= 0.3 is 5.97 Å². The molecule has 0 saturated heterocycles. The van der Waals surface area contributed by atoms with Crippen LogP contribution in [0, 0.1) is 11.7 Å². The van der Waals surface area contributed by atoms with Gasteiger partial charge in [0.05, 0.1) is 5.56 Å². The normalized spacial score (nSPS) is 11.4. The summed E-state index contributed by atoms with van der Waals surface area (Å²) in [6.45, 7) is 2.62. The lowest BCUT2D eigenvalue weighted by Crippen LogP contribution is -2.46. The Kier molecular flexibility index (Phi) is 7.59. The molecule has 0 aromatic heterocycles. The Morgan fingerprint density at radius 1 is 0.931 bits per heavy atom. The highest BCUT2D eigenvalue weighted by Crippen LogP contribution is 2.10. The molecule has 2 rings (SSSR count). The number of rotatable bonds is 7. The summed E-state index contributed by atoms with van der Waals surface area (Å²) in [7, 11) is 0. The van der Waals surface area contributed by atoms with E-state index in [0.29, 0.717) is 0 Å². The molecule has 29 heavy (non-hydrogen) atoms. The first-order valence-electron chi connectivity index (χ1n) is 8.91. The van der Waals surface area contributed by atoms with Crippen molar-refractivity contribution < 1.29 is 28.3 Å². The van der Waals surface area contributed by atoms with Crippen molar-refractivity contribution in [1.82, 2.24) is 10.6 Å². The van der Waals surface area contributed by atoms with E-state index in [1.165, 1.54) is 30.3 Å². The highest BCUT2D eigenvalue weighted by molar-refractivity contribution is 6.05. The summed E-state index contributed by atoms with van der Waals surface area (Å²) in [6, 6.07) is 12.3. The van der Waals surface area contributed by atoms with Crippen LogP contribution in [-0.4, -0.2) is 36.3 Å². The van der Waals surface area contributed by atoms with Crippen molar-refractivity contribution in [2.24, 2.45) is 5.92 Å². The number of esters is 1. The van der Waals surface area contributed by atoms with Crippen LogP contribution in [0.5, 0.6) is 0 Å². The van der Waals surface area contributed by atoms with Crippen LogP contribution in [0.4, 0.5) is 4.39 Å². The number of carbonyl (C=O) groups is 4. The van der Waals surface area contributed by atoms with Crippen LogP contribution < -0.4 is 10.6 Å². The first-order valence-corrected chi connectivity index (χ1v) is 8.91. The van der Waals surface area contributed by atoms with Crippen LogP contribution in [0.2, 0.25) is 0 Å². The smallest absolute Gasteiger partial charge is 0.329 e. The molecule has 3 amide bonds. The number of hydrogen-bond donors (Lipinski definition) is 2. The van der Waals surface area contributed by atoms with Crippen molar-refractivity contribution in [2.45, 2.75) is 19.9 Å². The number of hydrogen-bond acceptors (Lipinski definition) is 5. The number of benzene rings is 2. The summed E-state index contributed by atoms with van der Waals surface area (Å²) in [5.41, 5.74) is 0.0709. The van der Waals surface area contributed by atoms with Gasteiger partial charge < -0.3 is 10.1 Å². The SMILES string of the molecule is CC(C)C(NC(=O)c1ccccc1F)C(=O)OCC(=O)NC(=O)c1ccccc1. The van der Waals surface area contributed by atoms with Crippen molar-refractivity contribution in [2.75, 3.05) is 6.61 Å². The fourth-order valence-corrected chi connectivity index (χ4v) is 2.41. The van der Waals surface area contributed by atoms with Crippen LogP contribution >= 0.6 is 0 Å². The molecule has 1 unspecified atom stereocenters. The monoisotopic (exact) mass is 400 g/mol. The van der Waals surface area contributed by atoms with E-state index in [1.54, 1.807) is 32.0 Å². The Morgan fingerprint density at radius 2 is 1.55 bits per heavy atom. The largest absolute Gasteiger partial charge is 0.454 e. The van der Waals surface area contributed by atoms with Crippen LogP contribution in [0.15, 0.2) is 54.6 Å². The number of imide groups is 1. The van der Waals surface area contributed by atoms with Crippen LogP contribution in [0.3, 0.4) is 0 Å². The Balaban J connectivity index is 1.92. The lowest BCUT2D eigenvalue weighted by molar-refractivity contribution is -0.151. The minimum atomic E-state index is -1.10. The zero-order valence-corrected chi connectivity index (χ0v) is 16.0. The molecule has 0 spiro atoms. The third-order valence-corrected chi connectivity index (χ3v) is 3.96. The van der Waals surface area contributed by atoms with Crippen LogP contribution in [0.25, 0.3) is 0 Å². The van der Waals surface area contributed by atoms with Gasteiger partial charge in [-0.15, -0.1) is 0 Å². The molecule has 152 valence electrons. The van der Waals surface area contributed by atoms with Gasteiger partial charge in [-0.2, -0.15) is 0 Å². The van der Waals surface area contributed by atoms with Gasteiger partial charge in [-0.3, -0.25) is 19.7 Å². The molecule has 0 bridgehead atoms. The molecule has 8 heteroatoms. The molecule has 2 aromatic rings. The molecule has 2 aromatic carbocycles. The Bertz CT molecular complexity index is 899. The first kappa shape index (κ1) is 21.7. The van der Waals surface area contributed by atoms with Gasteiger partial charge in [-0.25, -0.2) is 9.18 Å². The summed E-state index contributed by atoms with van der Waals surface area (Å²) in [4.78, 5) is 48.3. The van der Waals surface area contributed by atoms with Gasteiger partial charge in [0.2, 0.25) is 0 Å². The molecule has 0 fully saturated rings. The molecule has 0 aliphatic heterocycles. The summed E-state index contributed by atoms with van der Waals surface area (Å²) in [6.07, 6.45) is 0. The minimum absolute atomic E-state index is 0.211. The van der Waals surface area contributed by atoms with Crippen LogP contribution in [0.1, 0.15) is 34.6 Å². The molecule has 1 atom stereocenters. The quantitative estimate of drug-likeness (QED) is 0.693. The lowest BCUT2D eigenvalue weighted by atomic mass is 10.0. The molecular formula is C21H21FN2O5. The molecule has 0 radical (unpaired) electrons. The second-order valence-corrected chi connectivity index (χ2v) is 6.53. The predicted octanol–water partition coefficient (Wildman–Crippen LogP) is 2.08. The minimum Gasteiger partial charge on any atom is -0.454 e. The van der Waals surface area contributed by atoms with Crippen molar-refractivity contribution in [3.8, 4) is 0 Å². The van der Waals surface area contributed by atoms with Gasteiger partial charge in [0.25, 0.3) is 17.7 Å². The zero-order chi connectivity index (χ0) is 21.4. The third kappa shape index (κ3) is 6.24. The maximum atomic E-state index is 13.7. The highest BCUT2D eigenvalue weighted by atomic mass is 19.1. The Morgan fingerprint density at radius 3 is 2.17 bits per heavy atom. The summed E-state index contributed by atoms with van der Waals surface area (Å²) in [5.74, 6) is -4.18. The van der Waals surface area contributed by atoms with Crippen molar-refractivity contribution in [3.05, 3.63) is 71.5 Å². The fourth-order valence-electron chi connectivity index (χ4n) is 2.41. The average molecular weight is 400 g/mol. The summed E-state index contributed by atoms with van der Waals surface area (Å²) < 4.78 is 18.7. The first-order chi connectivity index (χ1) is 13.8. The van der Waals surface area contributed by atoms with Gasteiger partial charge in [0.15, 0.2) is 6.61 Å². The zero-order valence-electron chi connectivity index (χ0n) is 16.0. The molecule has 0 heterocycles. The van der Waals surface area contributed by atoms with E-state index < -0.39 is 42.2 Å². The Hall–Kier alpha value is -3.55. The van der Waals surface area contributed by atoms with E-state index in [0.717, 1.165) is 6.07 Å². The van der Waals surface area contributed by atoms with Crippen molar-refractivity contribution >= 4 is 23.7 Å². The second kappa shape index (κ2) is 10.1. The lowest BCUT2D eigenvalue weighted by Gasteiger charge is -2.20. The van der Waals surface area contributed by atoms with E-state index in [4.69, 9.17) is 4.74 Å². The second-order valence-electron chi connectivity index (χ2n) is 6.53. The predicted molar refractivity (Wildman–Crippen MR) is 102 cm³/mol. The molecule has 7 nitrogen and oxygen atoms in total. The molecular weight excluding hydrogens is 379 g/mol. The van der Waals surface area contributed by atoms with Crippen molar-refractivity contribution in [3.63, 3.8) is 0 Å². The topological polar surface area (TPSA) is 102 Å². The summed E-state index contributed by atoms with van der Waals surface area (Å²) in [5, 5.41) is 4.51. The molecule has 0 saturated carbocycles. The van der Waals surface area contributed by atoms with E-state index in [2.05, 4.69) is 10.6 Å². The van der Waals surface area contributed by atoms with Gasteiger partial charge in [-0.05, 0) is 30.2 Å². The van der Waals surface area contributed by atoms with Crippen molar-refractivity contribution in [1.29, 1.82) is 0 Å². The number of halogens is 1.